The topological polar surface area (TPSA) is 54.9 Å². The van der Waals surface area contributed by atoms with Crippen LogP contribution in [0, 0.1) is 6.92 Å². The van der Waals surface area contributed by atoms with E-state index in [1.54, 1.807) is 18.5 Å². The first-order valence-electron chi connectivity index (χ1n) is 4.91. The van der Waals surface area contributed by atoms with Gasteiger partial charge in [0.25, 0.3) is 5.91 Å². The van der Waals surface area contributed by atoms with Gasteiger partial charge in [0.1, 0.15) is 0 Å². The van der Waals surface area contributed by atoms with Crippen LogP contribution >= 0.6 is 0 Å². The molecular weight excluding hydrogens is 202 g/mol. The van der Waals surface area contributed by atoms with Crippen LogP contribution in [-0.2, 0) is 0 Å². The van der Waals surface area contributed by atoms with E-state index in [1.165, 1.54) is 0 Å². The third-order valence-electron chi connectivity index (χ3n) is 2.16. The number of amides is 1. The third-order valence-corrected chi connectivity index (χ3v) is 2.16. The van der Waals surface area contributed by atoms with Gasteiger partial charge < -0.3 is 5.32 Å². The van der Waals surface area contributed by atoms with Crippen LogP contribution in [-0.4, -0.2) is 15.9 Å². The number of carbonyl (C=O) groups is 1. The van der Waals surface area contributed by atoms with Gasteiger partial charge in [-0.3, -0.25) is 4.79 Å². The summed E-state index contributed by atoms with van der Waals surface area (Å²) >= 11 is 0. The Kier molecular flexibility index (Phi) is 2.91. The molecule has 1 heterocycles. The van der Waals surface area contributed by atoms with Crippen molar-refractivity contribution in [2.24, 2.45) is 0 Å². The van der Waals surface area contributed by atoms with Crippen molar-refractivity contribution in [1.29, 1.82) is 0 Å². The monoisotopic (exact) mass is 213 g/mol. The Morgan fingerprint density at radius 2 is 1.81 bits per heavy atom. The maximum atomic E-state index is 11.7. The van der Waals surface area contributed by atoms with E-state index < -0.39 is 0 Å². The van der Waals surface area contributed by atoms with E-state index in [2.05, 4.69) is 15.3 Å². The largest absolute Gasteiger partial charge is 0.319 e. The summed E-state index contributed by atoms with van der Waals surface area (Å²) in [6.45, 7) is 1.93. The van der Waals surface area contributed by atoms with E-state index in [0.717, 1.165) is 11.3 Å². The lowest BCUT2D eigenvalue weighted by Crippen LogP contribution is -2.15. The van der Waals surface area contributed by atoms with Gasteiger partial charge in [0.15, 0.2) is 0 Å². The molecule has 4 heteroatoms. The number of hydrogen-bond donors (Lipinski definition) is 1. The highest BCUT2D eigenvalue weighted by Gasteiger charge is 2.08. The smallest absolute Gasteiger partial charge is 0.293 e. The summed E-state index contributed by atoms with van der Waals surface area (Å²) in [4.78, 5) is 19.5. The number of para-hydroxylation sites is 1. The zero-order chi connectivity index (χ0) is 11.4. The number of rotatable bonds is 2. The molecular formula is C12H11N3O. The van der Waals surface area contributed by atoms with E-state index in [0.29, 0.717) is 0 Å². The number of aromatic nitrogens is 2. The summed E-state index contributed by atoms with van der Waals surface area (Å²) in [5.74, 6) is -0.124. The molecule has 0 saturated heterocycles. The van der Waals surface area contributed by atoms with Crippen molar-refractivity contribution in [3.8, 4) is 0 Å². The van der Waals surface area contributed by atoms with Crippen LogP contribution in [0.1, 0.15) is 16.2 Å². The maximum absolute atomic E-state index is 11.7. The van der Waals surface area contributed by atoms with E-state index in [9.17, 15) is 4.79 Å². The number of aryl methyl sites for hydroxylation is 1. The van der Waals surface area contributed by atoms with Gasteiger partial charge in [-0.15, -0.1) is 0 Å². The fourth-order valence-corrected chi connectivity index (χ4v) is 1.31. The molecule has 0 unspecified atom stereocenters. The Morgan fingerprint density at radius 3 is 2.50 bits per heavy atom. The Balaban J connectivity index is 2.18. The Labute approximate surface area is 93.4 Å². The summed E-state index contributed by atoms with van der Waals surface area (Å²) in [6, 6.07) is 9.24. The molecule has 16 heavy (non-hydrogen) atoms. The van der Waals surface area contributed by atoms with Gasteiger partial charge in [0, 0.05) is 18.1 Å². The van der Waals surface area contributed by atoms with Crippen molar-refractivity contribution < 1.29 is 4.79 Å². The number of nitrogens with one attached hydrogen (secondary N) is 1. The molecule has 80 valence electrons. The van der Waals surface area contributed by atoms with E-state index >= 15 is 0 Å². The van der Waals surface area contributed by atoms with E-state index in [-0.39, 0.29) is 11.7 Å². The zero-order valence-corrected chi connectivity index (χ0v) is 8.84. The second kappa shape index (κ2) is 4.53. The first-order chi connectivity index (χ1) is 7.77. The molecule has 1 N–H and O–H groups in total. The number of nitrogens with zero attached hydrogens (tertiary/aromatic N) is 2. The molecule has 0 radical (unpaired) electrons. The normalized spacial score (nSPS) is 9.81. The number of anilines is 1. The molecule has 4 nitrogen and oxygen atoms in total. The number of benzene rings is 1. The summed E-state index contributed by atoms with van der Waals surface area (Å²) in [5.41, 5.74) is 1.78. The van der Waals surface area contributed by atoms with Gasteiger partial charge in [-0.05, 0) is 24.6 Å². The van der Waals surface area contributed by atoms with Gasteiger partial charge in [0.05, 0.1) is 0 Å². The standard InChI is InChI=1S/C12H11N3O/c1-9-5-2-3-6-10(9)15-12(16)11-13-7-4-8-14-11/h2-8H,1H3,(H,15,16). The zero-order valence-electron chi connectivity index (χ0n) is 8.84. The van der Waals surface area contributed by atoms with E-state index in [1.807, 2.05) is 31.2 Å². The van der Waals surface area contributed by atoms with Crippen LogP contribution in [0.3, 0.4) is 0 Å². The molecule has 0 aliphatic rings. The van der Waals surface area contributed by atoms with Crippen LogP contribution in [0.25, 0.3) is 0 Å². The summed E-state index contributed by atoms with van der Waals surface area (Å²) in [5, 5.41) is 2.76. The average Bonchev–Trinajstić information content (AvgIpc) is 2.33. The van der Waals surface area contributed by atoms with E-state index in [4.69, 9.17) is 0 Å². The molecule has 0 fully saturated rings. The van der Waals surface area contributed by atoms with Crippen molar-refractivity contribution in [2.45, 2.75) is 6.92 Å². The van der Waals surface area contributed by atoms with Gasteiger partial charge in [-0.2, -0.15) is 0 Å². The second-order valence-corrected chi connectivity index (χ2v) is 3.34. The van der Waals surface area contributed by atoms with Crippen LogP contribution in [0.2, 0.25) is 0 Å². The highest BCUT2D eigenvalue weighted by molar-refractivity contribution is 6.01. The lowest BCUT2D eigenvalue weighted by Gasteiger charge is -2.06. The molecule has 0 saturated carbocycles. The number of carbonyl (C=O) groups excluding carboxylic acids is 1. The van der Waals surface area contributed by atoms with Crippen LogP contribution < -0.4 is 5.32 Å². The van der Waals surface area contributed by atoms with Crippen molar-refractivity contribution in [3.05, 3.63) is 54.1 Å². The molecule has 2 rings (SSSR count). The predicted molar refractivity (Wildman–Crippen MR) is 61.2 cm³/mol. The first kappa shape index (κ1) is 10.3. The van der Waals surface area contributed by atoms with Crippen molar-refractivity contribution in [2.75, 3.05) is 5.32 Å². The molecule has 1 aromatic carbocycles. The van der Waals surface area contributed by atoms with Crippen LogP contribution in [0.4, 0.5) is 5.69 Å². The SMILES string of the molecule is Cc1ccccc1NC(=O)c1ncccn1. The first-order valence-corrected chi connectivity index (χ1v) is 4.91. The summed E-state index contributed by atoms with van der Waals surface area (Å²) in [6.07, 6.45) is 3.08. The summed E-state index contributed by atoms with van der Waals surface area (Å²) in [7, 11) is 0. The van der Waals surface area contributed by atoms with Gasteiger partial charge >= 0.3 is 0 Å². The Hall–Kier alpha value is -2.23. The Morgan fingerprint density at radius 1 is 1.12 bits per heavy atom. The van der Waals surface area contributed by atoms with Crippen molar-refractivity contribution >= 4 is 11.6 Å². The average molecular weight is 213 g/mol. The molecule has 0 bridgehead atoms. The van der Waals surface area contributed by atoms with Crippen molar-refractivity contribution in [1.82, 2.24) is 9.97 Å². The molecule has 0 aliphatic carbocycles. The molecule has 1 aromatic heterocycles. The molecule has 0 aliphatic heterocycles. The van der Waals surface area contributed by atoms with Crippen LogP contribution in [0.15, 0.2) is 42.7 Å². The van der Waals surface area contributed by atoms with Gasteiger partial charge in [-0.1, -0.05) is 18.2 Å². The fourth-order valence-electron chi connectivity index (χ4n) is 1.31. The molecule has 0 spiro atoms. The van der Waals surface area contributed by atoms with Crippen LogP contribution in [0.5, 0.6) is 0 Å². The Bertz CT molecular complexity index is 497. The summed E-state index contributed by atoms with van der Waals surface area (Å²) < 4.78 is 0. The fraction of sp³-hybridized carbons (Fsp3) is 0.0833. The lowest BCUT2D eigenvalue weighted by molar-refractivity contribution is 0.101. The highest BCUT2D eigenvalue weighted by atomic mass is 16.2. The highest BCUT2D eigenvalue weighted by Crippen LogP contribution is 2.13. The number of hydrogen-bond acceptors (Lipinski definition) is 3. The third kappa shape index (κ3) is 2.23. The van der Waals surface area contributed by atoms with Gasteiger partial charge in [-0.25, -0.2) is 9.97 Å². The minimum Gasteiger partial charge on any atom is -0.319 e. The lowest BCUT2D eigenvalue weighted by atomic mass is 10.2. The maximum Gasteiger partial charge on any atom is 0.293 e. The predicted octanol–water partition coefficient (Wildman–Crippen LogP) is 2.04. The minimum atomic E-state index is -0.296. The minimum absolute atomic E-state index is 0.172. The quantitative estimate of drug-likeness (QED) is 0.830. The van der Waals surface area contributed by atoms with Crippen molar-refractivity contribution in [3.63, 3.8) is 0 Å². The molecule has 1 amide bonds. The molecule has 2 aromatic rings. The molecule has 0 atom stereocenters. The second-order valence-electron chi connectivity index (χ2n) is 3.34. The van der Waals surface area contributed by atoms with Gasteiger partial charge in [0.2, 0.25) is 5.82 Å².